The van der Waals surface area contributed by atoms with E-state index in [1.54, 1.807) is 0 Å². The molecule has 2 rings (SSSR count). The molecule has 1 aromatic rings. The first kappa shape index (κ1) is 9.72. The second-order valence-electron chi connectivity index (χ2n) is 4.09. The Hall–Kier alpha value is -0.820. The van der Waals surface area contributed by atoms with E-state index in [4.69, 9.17) is 0 Å². The smallest absolute Gasteiger partial charge is 0.00144 e. The standard InChI is InChI=1S/C13H18N/c1-11(12-5-3-2-4-6-12)13-7-9-14-10-8-13/h2-7,11,13-14H,8-10H2,1H3/t11-,13?/m0/s1. The monoisotopic (exact) mass is 188 g/mol. The highest BCUT2D eigenvalue weighted by atomic mass is 14.9. The number of benzene rings is 1. The molecular formula is C13H18N. The van der Waals surface area contributed by atoms with E-state index in [2.05, 4.69) is 49.0 Å². The van der Waals surface area contributed by atoms with E-state index in [1.165, 1.54) is 18.5 Å². The quantitative estimate of drug-likeness (QED) is 0.752. The van der Waals surface area contributed by atoms with Gasteiger partial charge >= 0.3 is 0 Å². The molecule has 1 aromatic carbocycles. The van der Waals surface area contributed by atoms with Crippen LogP contribution in [0.2, 0.25) is 0 Å². The lowest BCUT2D eigenvalue weighted by atomic mass is 9.82. The Balaban J connectivity index is 2.03. The first-order chi connectivity index (χ1) is 6.88. The zero-order chi connectivity index (χ0) is 9.80. The van der Waals surface area contributed by atoms with Crippen LogP contribution < -0.4 is 5.32 Å². The van der Waals surface area contributed by atoms with Crippen LogP contribution in [0.25, 0.3) is 0 Å². The van der Waals surface area contributed by atoms with Crippen LogP contribution in [0.1, 0.15) is 24.8 Å². The topological polar surface area (TPSA) is 12.0 Å². The fourth-order valence-corrected chi connectivity index (χ4v) is 2.18. The van der Waals surface area contributed by atoms with Gasteiger partial charge in [0.1, 0.15) is 0 Å². The van der Waals surface area contributed by atoms with Crippen LogP contribution in [0.15, 0.2) is 30.3 Å². The van der Waals surface area contributed by atoms with Crippen LogP contribution in [0, 0.1) is 12.3 Å². The molecule has 2 atom stereocenters. The van der Waals surface area contributed by atoms with E-state index in [9.17, 15) is 0 Å². The first-order valence-electron chi connectivity index (χ1n) is 5.47. The third-order valence-corrected chi connectivity index (χ3v) is 3.19. The molecule has 1 radical (unpaired) electrons. The van der Waals surface area contributed by atoms with Crippen LogP contribution in [-0.2, 0) is 0 Å². The van der Waals surface area contributed by atoms with Crippen molar-refractivity contribution < 1.29 is 0 Å². The average molecular weight is 188 g/mol. The first-order valence-corrected chi connectivity index (χ1v) is 5.47. The van der Waals surface area contributed by atoms with Gasteiger partial charge in [-0.1, -0.05) is 37.3 Å². The summed E-state index contributed by atoms with van der Waals surface area (Å²) in [7, 11) is 0. The van der Waals surface area contributed by atoms with Gasteiger partial charge in [0.15, 0.2) is 0 Å². The molecule has 0 spiro atoms. The Morgan fingerprint density at radius 1 is 1.29 bits per heavy atom. The van der Waals surface area contributed by atoms with Crippen molar-refractivity contribution in [3.8, 4) is 0 Å². The van der Waals surface area contributed by atoms with Gasteiger partial charge in [-0.2, -0.15) is 0 Å². The van der Waals surface area contributed by atoms with Gasteiger partial charge in [-0.25, -0.2) is 0 Å². The van der Waals surface area contributed by atoms with Crippen molar-refractivity contribution in [1.29, 1.82) is 0 Å². The van der Waals surface area contributed by atoms with E-state index in [0.29, 0.717) is 5.92 Å². The Bertz CT molecular complexity index is 262. The lowest BCUT2D eigenvalue weighted by Crippen LogP contribution is -2.30. The molecular weight excluding hydrogens is 170 g/mol. The molecule has 0 bridgehead atoms. The molecule has 1 nitrogen and oxygen atoms in total. The van der Waals surface area contributed by atoms with Crippen LogP contribution in [0.4, 0.5) is 0 Å². The van der Waals surface area contributed by atoms with Crippen molar-refractivity contribution in [1.82, 2.24) is 5.32 Å². The molecule has 1 heterocycles. The Kier molecular flexibility index (Phi) is 3.20. The Labute approximate surface area is 86.5 Å². The molecule has 0 aromatic heterocycles. The highest BCUT2D eigenvalue weighted by Crippen LogP contribution is 2.29. The highest BCUT2D eigenvalue weighted by Gasteiger charge is 2.20. The molecule has 0 aliphatic carbocycles. The van der Waals surface area contributed by atoms with Gasteiger partial charge in [0.2, 0.25) is 0 Å². The number of piperidine rings is 1. The van der Waals surface area contributed by atoms with Gasteiger partial charge in [-0.15, -0.1) is 0 Å². The van der Waals surface area contributed by atoms with Crippen LogP contribution in [0.3, 0.4) is 0 Å². The van der Waals surface area contributed by atoms with E-state index in [-0.39, 0.29) is 0 Å². The molecule has 1 fully saturated rings. The third-order valence-electron chi connectivity index (χ3n) is 3.19. The summed E-state index contributed by atoms with van der Waals surface area (Å²) in [6, 6.07) is 10.8. The largest absolute Gasteiger partial charge is 0.316 e. The normalized spacial score (nSPS) is 20.6. The minimum Gasteiger partial charge on any atom is -0.316 e. The molecule has 1 heteroatoms. The second kappa shape index (κ2) is 4.61. The van der Waals surface area contributed by atoms with Crippen LogP contribution >= 0.6 is 0 Å². The molecule has 1 unspecified atom stereocenters. The van der Waals surface area contributed by atoms with Gasteiger partial charge in [0.05, 0.1) is 0 Å². The minimum atomic E-state index is 0.665. The lowest BCUT2D eigenvalue weighted by Gasteiger charge is -2.28. The summed E-state index contributed by atoms with van der Waals surface area (Å²) in [5, 5.41) is 3.37. The third kappa shape index (κ3) is 2.16. The van der Waals surface area contributed by atoms with Crippen molar-refractivity contribution in [2.75, 3.05) is 13.1 Å². The second-order valence-corrected chi connectivity index (χ2v) is 4.09. The lowest BCUT2D eigenvalue weighted by molar-refractivity contribution is 0.407. The summed E-state index contributed by atoms with van der Waals surface area (Å²) in [5.74, 6) is 1.41. The van der Waals surface area contributed by atoms with Crippen LogP contribution in [0.5, 0.6) is 0 Å². The number of hydrogen-bond acceptors (Lipinski definition) is 1. The minimum absolute atomic E-state index is 0.665. The fraction of sp³-hybridized carbons (Fsp3) is 0.462. The molecule has 1 N–H and O–H groups in total. The highest BCUT2D eigenvalue weighted by molar-refractivity contribution is 5.20. The van der Waals surface area contributed by atoms with Crippen molar-refractivity contribution in [2.45, 2.75) is 19.3 Å². The predicted octanol–water partition coefficient (Wildman–Crippen LogP) is 2.60. The molecule has 75 valence electrons. The van der Waals surface area contributed by atoms with E-state index >= 15 is 0 Å². The van der Waals surface area contributed by atoms with Crippen LogP contribution in [-0.4, -0.2) is 13.1 Å². The number of rotatable bonds is 2. The maximum absolute atomic E-state index is 3.37. The van der Waals surface area contributed by atoms with Gasteiger partial charge in [0, 0.05) is 0 Å². The maximum Gasteiger partial charge on any atom is -0.00144 e. The molecule has 14 heavy (non-hydrogen) atoms. The van der Waals surface area contributed by atoms with Crippen molar-refractivity contribution in [3.63, 3.8) is 0 Å². The summed E-state index contributed by atoms with van der Waals surface area (Å²) in [6.45, 7) is 4.57. The zero-order valence-electron chi connectivity index (χ0n) is 8.74. The zero-order valence-corrected chi connectivity index (χ0v) is 8.74. The number of nitrogens with one attached hydrogen (secondary N) is 1. The van der Waals surface area contributed by atoms with E-state index in [1.807, 2.05) is 0 Å². The molecule has 0 saturated carbocycles. The van der Waals surface area contributed by atoms with Crippen molar-refractivity contribution in [2.24, 2.45) is 5.92 Å². The van der Waals surface area contributed by atoms with Crippen molar-refractivity contribution >= 4 is 0 Å². The average Bonchev–Trinajstić information content (AvgIpc) is 2.30. The maximum atomic E-state index is 3.37. The fourth-order valence-electron chi connectivity index (χ4n) is 2.18. The van der Waals surface area contributed by atoms with Gasteiger partial charge in [-0.3, -0.25) is 0 Å². The SMILES string of the molecule is C[C@@H](c1ccccc1)C1[CH]CNCC1. The summed E-state index contributed by atoms with van der Waals surface area (Å²) in [4.78, 5) is 0. The Morgan fingerprint density at radius 3 is 2.71 bits per heavy atom. The number of hydrogen-bond donors (Lipinski definition) is 1. The van der Waals surface area contributed by atoms with Gasteiger partial charge in [-0.05, 0) is 43.3 Å². The van der Waals surface area contributed by atoms with Gasteiger partial charge < -0.3 is 5.32 Å². The molecule has 1 aliphatic heterocycles. The van der Waals surface area contributed by atoms with E-state index < -0.39 is 0 Å². The summed E-state index contributed by atoms with van der Waals surface area (Å²) < 4.78 is 0. The van der Waals surface area contributed by atoms with Crippen molar-refractivity contribution in [3.05, 3.63) is 42.3 Å². The molecule has 1 aliphatic rings. The molecule has 0 amide bonds. The predicted molar refractivity (Wildman–Crippen MR) is 60.1 cm³/mol. The summed E-state index contributed by atoms with van der Waals surface area (Å²) in [6.07, 6.45) is 3.69. The van der Waals surface area contributed by atoms with E-state index in [0.717, 1.165) is 12.5 Å². The molecule has 1 saturated heterocycles. The van der Waals surface area contributed by atoms with Gasteiger partial charge in [0.25, 0.3) is 0 Å². The summed E-state index contributed by atoms with van der Waals surface area (Å²) >= 11 is 0. The Morgan fingerprint density at radius 2 is 2.07 bits per heavy atom. The summed E-state index contributed by atoms with van der Waals surface area (Å²) in [5.41, 5.74) is 1.47.